The number of nitrogens with two attached hydrogens (primary N) is 1. The molecule has 9 aromatic rings. The Morgan fingerprint density at radius 1 is 0.564 bits per heavy atom. The summed E-state index contributed by atoms with van der Waals surface area (Å²) in [4.78, 5) is 54.3. The number of aryl methyl sites for hydroxylation is 12. The molecule has 11 rings (SSSR count). The van der Waals surface area contributed by atoms with Crippen molar-refractivity contribution >= 4 is 23.6 Å². The average Bonchev–Trinajstić information content (AvgIpc) is 1.11. The van der Waals surface area contributed by atoms with Crippen LogP contribution < -0.4 is 20.5 Å². The predicted molar refractivity (Wildman–Crippen MR) is 442 cm³/mol. The van der Waals surface area contributed by atoms with Crippen molar-refractivity contribution in [3.05, 3.63) is 232 Å². The first-order valence-electron chi connectivity index (χ1n) is 36.7. The SMILES string of the molecule is C.CCCNc1nccc(C)n1.CCc1c[n+](O)ccc1C.CCc1cc(F)ccc1C.COC1CCN(C(C)=N)C1.COC1CCN(C(C)=N)CC1.Cc1cc[n+](O)c(CN(C)C)c1.Cc1ccnc(C)n1.Cc1ccnc(CN(C)C)c1.Cc1ccnc(CN(C)C)n1.Cc1ccnc(N)n1.Cc1ccncn1. The van der Waals surface area contributed by atoms with Crippen LogP contribution in [0.3, 0.4) is 0 Å². The highest BCUT2D eigenvalue weighted by molar-refractivity contribution is 5.76. The van der Waals surface area contributed by atoms with Gasteiger partial charge in [-0.25, -0.2) is 54.2 Å². The second-order valence-corrected chi connectivity index (χ2v) is 26.8. The number of nitrogens with one attached hydrogen (secondary N) is 3. The second-order valence-electron chi connectivity index (χ2n) is 26.8. The van der Waals surface area contributed by atoms with Gasteiger partial charge >= 0.3 is 0 Å². The number of likely N-dealkylation sites (tertiary alicyclic amines) is 2. The van der Waals surface area contributed by atoms with Crippen molar-refractivity contribution < 1.29 is 33.7 Å². The molecule has 604 valence electrons. The highest BCUT2D eigenvalue weighted by Gasteiger charge is 2.22. The van der Waals surface area contributed by atoms with Gasteiger partial charge in [-0.1, -0.05) is 34.3 Å². The molecule has 1 atom stereocenters. The summed E-state index contributed by atoms with van der Waals surface area (Å²) in [5.74, 6) is 3.98. The number of benzene rings is 1. The lowest BCUT2D eigenvalue weighted by atomic mass is 10.1. The van der Waals surface area contributed by atoms with E-state index >= 15 is 0 Å². The average molecular weight is 1520 g/mol. The zero-order valence-electron chi connectivity index (χ0n) is 69.5. The zero-order valence-corrected chi connectivity index (χ0v) is 69.5. The smallest absolute Gasteiger partial charge is 0.248 e. The maximum Gasteiger partial charge on any atom is 0.248 e. The first kappa shape index (κ1) is 99.9. The van der Waals surface area contributed by atoms with Crippen LogP contribution in [0.25, 0.3) is 0 Å². The second kappa shape index (κ2) is 58.0. The van der Waals surface area contributed by atoms with Crippen LogP contribution in [0.2, 0.25) is 0 Å². The summed E-state index contributed by atoms with van der Waals surface area (Å²) < 4.78 is 25.2. The summed E-state index contributed by atoms with van der Waals surface area (Å²) in [6.45, 7) is 36.8. The molecule has 7 N–H and O–H groups in total. The van der Waals surface area contributed by atoms with Crippen molar-refractivity contribution in [1.29, 1.82) is 10.8 Å². The first-order chi connectivity index (χ1) is 51.7. The molecular formula is C83H133FN22O4+2. The molecule has 0 spiro atoms. The summed E-state index contributed by atoms with van der Waals surface area (Å²) in [5.41, 5.74) is 19.4. The van der Waals surface area contributed by atoms with E-state index in [1.54, 1.807) is 75.9 Å². The molecule has 2 aliphatic rings. The van der Waals surface area contributed by atoms with Crippen LogP contribution in [0.1, 0.15) is 153 Å². The van der Waals surface area contributed by atoms with Gasteiger partial charge in [-0.3, -0.25) is 31.1 Å². The Bertz CT molecular complexity index is 3760. The molecule has 110 heavy (non-hydrogen) atoms. The van der Waals surface area contributed by atoms with Gasteiger partial charge in [0.1, 0.15) is 23.8 Å². The summed E-state index contributed by atoms with van der Waals surface area (Å²) in [5, 5.41) is 36.2. The number of hydrogen-bond donors (Lipinski definition) is 6. The summed E-state index contributed by atoms with van der Waals surface area (Å²) in [7, 11) is 15.5. The molecular weight excluding hydrogens is 1390 g/mol. The largest absolute Gasteiger partial charge is 0.381 e. The molecule has 1 unspecified atom stereocenters. The highest BCUT2D eigenvalue weighted by atomic mass is 19.1. The number of anilines is 2. The number of nitrogen functional groups attached to an aromatic ring is 1. The summed E-state index contributed by atoms with van der Waals surface area (Å²) in [6.07, 6.45) is 24.0. The first-order valence-corrected chi connectivity index (χ1v) is 36.7. The number of hydrogen-bond acceptors (Lipinski definition) is 22. The molecule has 27 heteroatoms. The van der Waals surface area contributed by atoms with Gasteiger partial charge < -0.3 is 40.1 Å². The van der Waals surface area contributed by atoms with E-state index in [1.807, 2.05) is 196 Å². The normalized spacial score (nSPS) is 12.3. The van der Waals surface area contributed by atoms with Gasteiger partial charge in [0.05, 0.1) is 42.7 Å². The predicted octanol–water partition coefficient (Wildman–Crippen LogP) is 12.9. The standard InChI is InChI=1S/C9H11F.C9H15N2O.C9H14N2.2C8H13N3.C8H16N2O.C8H12NO.C7H14N2O.C6H8N2.C5H7N3.C5H6N2.CH4/c1-3-8-6-9(10)5-4-7(8)2;1-8-4-5-11(12)9(6-8)7-10(2)3;1-8-4-5-10-9(6-8)7-11(2)3;1-7-4-5-9-8(10-7)6-11(2)3;1-3-5-9-8-10-6-4-7(2)11-8;1-7(9)10-5-3-8(11-2)4-6-10;1-3-8-6-9(10)5-4-7(8)2;1-6(8)9-4-3-7(5-9)10-2;1-5-3-4-7-6(2)8-5;1-4-2-3-7-5(6)8-4;1-5-2-3-6-4-7-5;/h4-6H,3H2,1-2H3;4-6,12H,7H2,1-3H3;4-6H,7H2,1-3H3;4-5H,6H2,1-3H3;4,6H,3,5H2,1-2H3,(H,9,10,11);8-9H,3-6H2,1-2H3;4-6,10H,3H2,1-2H3;7-8H,3-5H2,1-2H3;3-4H,1-2H3;2-3H,1H3,(H2,6,7,8);2-4H,1H3;1H4/q;+1;;;;;+1;;;;;. The quantitative estimate of drug-likeness (QED) is 0.0270. The fraction of sp³-hybridized carbons (Fsp3) is 0.482. The number of nitrogens with zero attached hydrogens (tertiary/aromatic N) is 18. The Morgan fingerprint density at radius 2 is 1.09 bits per heavy atom. The Kier molecular flexibility index (Phi) is 52.7. The number of aromatic nitrogens is 13. The van der Waals surface area contributed by atoms with Crippen LogP contribution in [-0.2, 0) is 41.9 Å². The van der Waals surface area contributed by atoms with Crippen LogP contribution in [0.15, 0.2) is 141 Å². The van der Waals surface area contributed by atoms with E-state index in [4.69, 9.17) is 31.2 Å². The van der Waals surface area contributed by atoms with E-state index in [0.717, 1.165) is 169 Å². The molecule has 26 nitrogen and oxygen atoms in total. The van der Waals surface area contributed by atoms with Crippen molar-refractivity contribution in [3.63, 3.8) is 0 Å². The van der Waals surface area contributed by atoms with Crippen LogP contribution in [0, 0.1) is 85.9 Å². The van der Waals surface area contributed by atoms with Crippen molar-refractivity contribution in [2.24, 2.45) is 0 Å². The Hall–Kier alpha value is -10.1. The van der Waals surface area contributed by atoms with Crippen LogP contribution >= 0.6 is 0 Å². The molecule has 10 heterocycles. The Balaban J connectivity index is 0.00000119. The molecule has 0 radical (unpaired) electrons. The number of ether oxygens (including phenoxy) is 2. The molecule has 2 fully saturated rings. The number of halogens is 1. The van der Waals surface area contributed by atoms with E-state index in [1.165, 1.54) is 34.6 Å². The van der Waals surface area contributed by atoms with E-state index in [2.05, 4.69) is 102 Å². The van der Waals surface area contributed by atoms with Gasteiger partial charge in [-0.15, -0.1) is 0 Å². The van der Waals surface area contributed by atoms with Gasteiger partial charge in [0.2, 0.25) is 36.2 Å². The number of rotatable bonds is 13. The van der Waals surface area contributed by atoms with Crippen molar-refractivity contribution in [1.82, 2.24) is 79.3 Å². The topological polar surface area (TPSA) is 310 Å². The number of pyridine rings is 3. The lowest BCUT2D eigenvalue weighted by Gasteiger charge is -2.31. The molecule has 2 saturated heterocycles. The van der Waals surface area contributed by atoms with E-state index in [0.29, 0.717) is 29.8 Å². The Morgan fingerprint density at radius 3 is 1.53 bits per heavy atom. The zero-order chi connectivity index (χ0) is 81.8. The third-order valence-electron chi connectivity index (χ3n) is 15.7. The molecule has 0 aliphatic carbocycles. The van der Waals surface area contributed by atoms with Crippen molar-refractivity contribution in [2.75, 3.05) is 100 Å². The monoisotopic (exact) mass is 1520 g/mol. The molecule has 0 amide bonds. The van der Waals surface area contributed by atoms with Gasteiger partial charge in [0.25, 0.3) is 0 Å². The molecule has 1 aromatic carbocycles. The highest BCUT2D eigenvalue weighted by Crippen LogP contribution is 2.14. The maximum absolute atomic E-state index is 12.5. The van der Waals surface area contributed by atoms with Gasteiger partial charge in [-0.2, -0.15) is 0 Å². The fourth-order valence-electron chi connectivity index (χ4n) is 9.79. The summed E-state index contributed by atoms with van der Waals surface area (Å²) in [6, 6.07) is 24.1. The molecule has 0 saturated carbocycles. The van der Waals surface area contributed by atoms with Crippen molar-refractivity contribution in [3.8, 4) is 0 Å². The minimum Gasteiger partial charge on any atom is -0.381 e. The lowest BCUT2D eigenvalue weighted by molar-refractivity contribution is -0.910. The molecule has 0 bridgehead atoms. The summed E-state index contributed by atoms with van der Waals surface area (Å²) >= 11 is 0. The Labute approximate surface area is 657 Å². The molecule has 8 aromatic heterocycles. The third kappa shape index (κ3) is 48.4. The van der Waals surface area contributed by atoms with Crippen molar-refractivity contribution in [2.45, 2.75) is 182 Å². The number of methoxy groups -OCH3 is 2. The fourth-order valence-corrected chi connectivity index (χ4v) is 9.79. The van der Waals surface area contributed by atoms with E-state index in [-0.39, 0.29) is 13.2 Å². The van der Waals surface area contributed by atoms with Crippen LogP contribution in [0.4, 0.5) is 16.3 Å². The number of piperidine rings is 1. The minimum atomic E-state index is -0.137. The van der Waals surface area contributed by atoms with Gasteiger partial charge in [0.15, 0.2) is 0 Å². The maximum atomic E-state index is 12.5. The van der Waals surface area contributed by atoms with E-state index in [9.17, 15) is 9.60 Å². The minimum absolute atomic E-state index is 0. The third-order valence-corrected chi connectivity index (χ3v) is 15.7. The number of amidine groups is 2. The van der Waals surface area contributed by atoms with Crippen LogP contribution in [0.5, 0.6) is 0 Å². The van der Waals surface area contributed by atoms with Gasteiger partial charge in [0, 0.05) is 152 Å². The van der Waals surface area contributed by atoms with E-state index < -0.39 is 0 Å². The van der Waals surface area contributed by atoms with Crippen LogP contribution in [-0.4, -0.2) is 203 Å². The molecule has 2 aliphatic heterocycles. The lowest BCUT2D eigenvalue weighted by Crippen LogP contribution is -2.39. The van der Waals surface area contributed by atoms with Gasteiger partial charge in [-0.05, 0) is 246 Å².